The number of carbonyl (C=O) groups excluding carboxylic acids is 1. The highest BCUT2D eigenvalue weighted by Crippen LogP contribution is 2.26. The first-order valence-corrected chi connectivity index (χ1v) is 8.21. The number of halogens is 1. The number of rotatable bonds is 5. The number of esters is 1. The van der Waals surface area contributed by atoms with Crippen LogP contribution in [0.25, 0.3) is 11.4 Å². The number of furan rings is 1. The average molecular weight is 365 g/mol. The van der Waals surface area contributed by atoms with Gasteiger partial charge in [0.1, 0.15) is 5.76 Å². The van der Waals surface area contributed by atoms with Crippen LogP contribution in [-0.4, -0.2) is 28.0 Å². The van der Waals surface area contributed by atoms with Crippen molar-refractivity contribution in [3.05, 3.63) is 52.9 Å². The molecule has 2 aromatic heterocycles. The molecular weight excluding hydrogens is 352 g/mol. The number of hydrogen-bond acceptors (Lipinski definition) is 7. The highest BCUT2D eigenvalue weighted by molar-refractivity contribution is 7.98. The van der Waals surface area contributed by atoms with Crippen LogP contribution in [0.3, 0.4) is 0 Å². The van der Waals surface area contributed by atoms with E-state index in [0.29, 0.717) is 27.5 Å². The van der Waals surface area contributed by atoms with Crippen LogP contribution >= 0.6 is 23.4 Å². The Morgan fingerprint density at radius 2 is 2.21 bits per heavy atom. The maximum Gasteiger partial charge on any atom is 0.373 e. The Morgan fingerprint density at radius 3 is 2.96 bits per heavy atom. The van der Waals surface area contributed by atoms with E-state index in [1.54, 1.807) is 24.3 Å². The molecule has 24 heavy (non-hydrogen) atoms. The second-order valence-electron chi connectivity index (χ2n) is 4.73. The van der Waals surface area contributed by atoms with Crippen molar-refractivity contribution >= 4 is 29.3 Å². The zero-order valence-electron chi connectivity index (χ0n) is 12.6. The Kier molecular flexibility index (Phi) is 4.77. The normalized spacial score (nSPS) is 10.8. The first-order valence-electron chi connectivity index (χ1n) is 6.84. The number of carbonyl (C=O) groups is 1. The summed E-state index contributed by atoms with van der Waals surface area (Å²) in [6.07, 6.45) is 0. The third-order valence-corrected chi connectivity index (χ3v) is 4.34. The van der Waals surface area contributed by atoms with Gasteiger partial charge in [-0.3, -0.25) is 0 Å². The van der Waals surface area contributed by atoms with Gasteiger partial charge in [0.2, 0.25) is 10.9 Å². The molecule has 3 aromatic rings. The number of nitrogen functional groups attached to an aromatic ring is 1. The number of nitrogens with two attached hydrogens (primary N) is 1. The highest BCUT2D eigenvalue weighted by atomic mass is 35.5. The van der Waals surface area contributed by atoms with Crippen molar-refractivity contribution in [3.63, 3.8) is 0 Å². The number of benzene rings is 1. The Bertz CT molecular complexity index is 877. The third kappa shape index (κ3) is 3.39. The largest absolute Gasteiger partial charge is 0.463 e. The lowest BCUT2D eigenvalue weighted by Crippen LogP contribution is -2.11. The number of ether oxygens (including phenoxy) is 1. The number of methoxy groups -OCH3 is 1. The highest BCUT2D eigenvalue weighted by Gasteiger charge is 2.15. The molecule has 0 saturated heterocycles. The second-order valence-corrected chi connectivity index (χ2v) is 6.11. The maximum absolute atomic E-state index is 11.4. The molecule has 124 valence electrons. The van der Waals surface area contributed by atoms with E-state index in [1.807, 2.05) is 12.1 Å². The molecule has 0 aliphatic heterocycles. The van der Waals surface area contributed by atoms with Gasteiger partial charge < -0.3 is 15.0 Å². The molecule has 0 radical (unpaired) electrons. The summed E-state index contributed by atoms with van der Waals surface area (Å²) in [4.78, 5) is 11.4. The van der Waals surface area contributed by atoms with E-state index >= 15 is 0 Å². The second kappa shape index (κ2) is 6.98. The number of thioether (sulfide) groups is 1. The molecule has 9 heteroatoms. The minimum absolute atomic E-state index is 0.155. The molecule has 0 aliphatic carbocycles. The van der Waals surface area contributed by atoms with Crippen LogP contribution < -0.4 is 5.84 Å². The number of aromatic nitrogens is 3. The van der Waals surface area contributed by atoms with E-state index in [9.17, 15) is 4.79 Å². The quantitative estimate of drug-likeness (QED) is 0.422. The van der Waals surface area contributed by atoms with Gasteiger partial charge in [-0.1, -0.05) is 35.5 Å². The van der Waals surface area contributed by atoms with E-state index in [2.05, 4.69) is 14.9 Å². The summed E-state index contributed by atoms with van der Waals surface area (Å²) in [5.41, 5.74) is 0.773. The van der Waals surface area contributed by atoms with Crippen molar-refractivity contribution in [1.29, 1.82) is 0 Å². The van der Waals surface area contributed by atoms with E-state index in [1.165, 1.54) is 23.5 Å². The molecule has 0 aliphatic rings. The Balaban J connectivity index is 1.73. The van der Waals surface area contributed by atoms with Crippen molar-refractivity contribution in [2.75, 3.05) is 13.0 Å². The minimum Gasteiger partial charge on any atom is -0.463 e. The van der Waals surface area contributed by atoms with E-state index < -0.39 is 5.97 Å². The van der Waals surface area contributed by atoms with Crippen LogP contribution in [0.5, 0.6) is 0 Å². The summed E-state index contributed by atoms with van der Waals surface area (Å²) in [5.74, 6) is 7.24. The monoisotopic (exact) mass is 364 g/mol. The molecule has 1 aromatic carbocycles. The van der Waals surface area contributed by atoms with Crippen LogP contribution in [0.1, 0.15) is 16.3 Å². The molecule has 2 N–H and O–H groups in total. The fourth-order valence-corrected chi connectivity index (χ4v) is 2.94. The molecule has 0 atom stereocenters. The standard InChI is InChI=1S/C15H13ClN4O3S/c1-22-14(21)12-6-5-11(23-12)8-24-15-19-18-13(20(15)17)9-3-2-4-10(16)7-9/h2-7H,8,17H2,1H3. The summed E-state index contributed by atoms with van der Waals surface area (Å²) >= 11 is 7.32. The van der Waals surface area contributed by atoms with Gasteiger partial charge in [-0.2, -0.15) is 0 Å². The minimum atomic E-state index is -0.517. The molecule has 2 heterocycles. The van der Waals surface area contributed by atoms with Crippen molar-refractivity contribution in [3.8, 4) is 11.4 Å². The molecule has 0 bridgehead atoms. The Hall–Kier alpha value is -2.45. The topological polar surface area (TPSA) is 96.2 Å². The molecule has 0 fully saturated rings. The van der Waals surface area contributed by atoms with Gasteiger partial charge in [0.05, 0.1) is 12.9 Å². The Morgan fingerprint density at radius 1 is 1.38 bits per heavy atom. The van der Waals surface area contributed by atoms with Gasteiger partial charge in [0, 0.05) is 10.6 Å². The SMILES string of the molecule is COC(=O)c1ccc(CSc2nnc(-c3cccc(Cl)c3)n2N)o1. The van der Waals surface area contributed by atoms with E-state index in [0.717, 1.165) is 5.56 Å². The van der Waals surface area contributed by atoms with Gasteiger partial charge in [0.25, 0.3) is 0 Å². The molecule has 0 amide bonds. The van der Waals surface area contributed by atoms with Crippen LogP contribution in [0.2, 0.25) is 5.02 Å². The number of nitrogens with zero attached hydrogens (tertiary/aromatic N) is 3. The lowest BCUT2D eigenvalue weighted by atomic mass is 10.2. The average Bonchev–Trinajstić information content (AvgIpc) is 3.19. The zero-order valence-corrected chi connectivity index (χ0v) is 14.2. The number of hydrogen-bond donors (Lipinski definition) is 1. The summed E-state index contributed by atoms with van der Waals surface area (Å²) in [6, 6.07) is 10.5. The van der Waals surface area contributed by atoms with Gasteiger partial charge in [-0.25, -0.2) is 9.47 Å². The molecular formula is C15H13ClN4O3S. The third-order valence-electron chi connectivity index (χ3n) is 3.14. The summed E-state index contributed by atoms with van der Waals surface area (Å²) in [6.45, 7) is 0. The fourth-order valence-electron chi connectivity index (χ4n) is 2.00. The predicted octanol–water partition coefficient (Wildman–Crippen LogP) is 2.98. The van der Waals surface area contributed by atoms with Gasteiger partial charge in [0.15, 0.2) is 5.82 Å². The first kappa shape index (κ1) is 16.4. The summed E-state index contributed by atoms with van der Waals surface area (Å²) < 4.78 is 11.4. The van der Waals surface area contributed by atoms with Crippen LogP contribution in [0, 0.1) is 0 Å². The van der Waals surface area contributed by atoms with Gasteiger partial charge >= 0.3 is 5.97 Å². The van der Waals surface area contributed by atoms with Gasteiger partial charge in [-0.15, -0.1) is 10.2 Å². The lowest BCUT2D eigenvalue weighted by Gasteiger charge is -2.03. The van der Waals surface area contributed by atoms with Crippen molar-refractivity contribution in [2.45, 2.75) is 10.9 Å². The molecule has 0 unspecified atom stereocenters. The smallest absolute Gasteiger partial charge is 0.373 e. The van der Waals surface area contributed by atoms with Crippen molar-refractivity contribution < 1.29 is 13.9 Å². The van der Waals surface area contributed by atoms with Crippen LogP contribution in [0.4, 0.5) is 0 Å². The Labute approximate surface area is 146 Å². The molecule has 3 rings (SSSR count). The maximum atomic E-state index is 11.4. The fraction of sp³-hybridized carbons (Fsp3) is 0.133. The molecule has 0 saturated carbocycles. The van der Waals surface area contributed by atoms with E-state index in [-0.39, 0.29) is 5.76 Å². The lowest BCUT2D eigenvalue weighted by molar-refractivity contribution is 0.0563. The van der Waals surface area contributed by atoms with Crippen molar-refractivity contribution in [1.82, 2.24) is 14.9 Å². The zero-order chi connectivity index (χ0) is 17.1. The molecule has 0 spiro atoms. The van der Waals surface area contributed by atoms with Crippen molar-refractivity contribution in [2.24, 2.45) is 0 Å². The summed E-state index contributed by atoms with van der Waals surface area (Å²) in [7, 11) is 1.30. The molecule has 7 nitrogen and oxygen atoms in total. The van der Waals surface area contributed by atoms with Crippen LogP contribution in [0.15, 0.2) is 46.0 Å². The first-order chi connectivity index (χ1) is 11.6. The van der Waals surface area contributed by atoms with Gasteiger partial charge in [-0.05, 0) is 24.3 Å². The summed E-state index contributed by atoms with van der Waals surface area (Å²) in [5, 5.41) is 9.27. The van der Waals surface area contributed by atoms with Crippen LogP contribution in [-0.2, 0) is 10.5 Å². The van der Waals surface area contributed by atoms with E-state index in [4.69, 9.17) is 21.9 Å². The predicted molar refractivity (Wildman–Crippen MR) is 90.2 cm³/mol.